The van der Waals surface area contributed by atoms with Gasteiger partial charge in [-0.3, -0.25) is 0 Å². The minimum Gasteiger partial charge on any atom is -0.310 e. The number of hydrogen-bond acceptors (Lipinski definition) is 2. The van der Waals surface area contributed by atoms with Crippen LogP contribution in [0.15, 0.2) is 29.1 Å². The molecule has 0 bridgehead atoms. The molecule has 82 valence electrons. The highest BCUT2D eigenvalue weighted by Crippen LogP contribution is 2.19. The molecule has 0 radical (unpaired) electrons. The second kappa shape index (κ2) is 3.93. The standard InChI is InChI=1S/C13H14N2O/c1-8-4-5-11(6-9(8)2)12-7-10(3)14-13(16)15-12/h4-7H,1-3H3,(H,14,15,16). The Morgan fingerprint density at radius 2 is 1.81 bits per heavy atom. The van der Waals surface area contributed by atoms with Crippen LogP contribution < -0.4 is 5.69 Å². The maximum absolute atomic E-state index is 11.3. The van der Waals surface area contributed by atoms with E-state index < -0.39 is 0 Å². The number of aromatic amines is 1. The van der Waals surface area contributed by atoms with E-state index in [2.05, 4.69) is 29.9 Å². The molecule has 0 saturated heterocycles. The highest BCUT2D eigenvalue weighted by atomic mass is 16.1. The fourth-order valence-corrected chi connectivity index (χ4v) is 1.63. The van der Waals surface area contributed by atoms with Crippen LogP contribution >= 0.6 is 0 Å². The van der Waals surface area contributed by atoms with Crippen molar-refractivity contribution >= 4 is 0 Å². The van der Waals surface area contributed by atoms with Gasteiger partial charge < -0.3 is 4.98 Å². The van der Waals surface area contributed by atoms with Crippen LogP contribution in [0.25, 0.3) is 11.3 Å². The van der Waals surface area contributed by atoms with Crippen LogP contribution in [0.3, 0.4) is 0 Å². The van der Waals surface area contributed by atoms with Gasteiger partial charge in [-0.25, -0.2) is 4.79 Å². The van der Waals surface area contributed by atoms with E-state index >= 15 is 0 Å². The van der Waals surface area contributed by atoms with Crippen LogP contribution in [0, 0.1) is 20.8 Å². The second-order valence-electron chi connectivity index (χ2n) is 4.05. The zero-order chi connectivity index (χ0) is 11.7. The van der Waals surface area contributed by atoms with Crippen molar-refractivity contribution in [2.75, 3.05) is 0 Å². The quantitative estimate of drug-likeness (QED) is 0.792. The maximum Gasteiger partial charge on any atom is 0.345 e. The van der Waals surface area contributed by atoms with E-state index in [9.17, 15) is 4.79 Å². The SMILES string of the molecule is Cc1cc(-c2ccc(C)c(C)c2)nc(=O)[nH]1. The zero-order valence-corrected chi connectivity index (χ0v) is 9.66. The second-order valence-corrected chi connectivity index (χ2v) is 4.05. The summed E-state index contributed by atoms with van der Waals surface area (Å²) in [6.45, 7) is 5.97. The first-order valence-corrected chi connectivity index (χ1v) is 5.22. The van der Waals surface area contributed by atoms with Gasteiger partial charge in [-0.05, 0) is 44.0 Å². The summed E-state index contributed by atoms with van der Waals surface area (Å²) in [7, 11) is 0. The fourth-order valence-electron chi connectivity index (χ4n) is 1.63. The summed E-state index contributed by atoms with van der Waals surface area (Å²) in [6, 6.07) is 7.97. The molecule has 16 heavy (non-hydrogen) atoms. The number of rotatable bonds is 1. The first kappa shape index (κ1) is 10.6. The molecule has 0 aliphatic rings. The number of aromatic nitrogens is 2. The summed E-state index contributed by atoms with van der Waals surface area (Å²) >= 11 is 0. The van der Waals surface area contributed by atoms with Gasteiger partial charge in [0, 0.05) is 11.3 Å². The van der Waals surface area contributed by atoms with Gasteiger partial charge in [0.25, 0.3) is 0 Å². The lowest BCUT2D eigenvalue weighted by molar-refractivity contribution is 1.03. The molecule has 1 aromatic heterocycles. The molecule has 0 fully saturated rings. The summed E-state index contributed by atoms with van der Waals surface area (Å²) < 4.78 is 0. The van der Waals surface area contributed by atoms with Crippen LogP contribution in [0.1, 0.15) is 16.8 Å². The molecular weight excluding hydrogens is 200 g/mol. The van der Waals surface area contributed by atoms with Crippen molar-refractivity contribution in [2.24, 2.45) is 0 Å². The van der Waals surface area contributed by atoms with E-state index in [1.54, 1.807) is 0 Å². The largest absolute Gasteiger partial charge is 0.345 e. The molecule has 3 nitrogen and oxygen atoms in total. The van der Waals surface area contributed by atoms with Gasteiger partial charge >= 0.3 is 5.69 Å². The van der Waals surface area contributed by atoms with E-state index in [0.717, 1.165) is 17.0 Å². The molecule has 0 aliphatic heterocycles. The number of hydrogen-bond donors (Lipinski definition) is 1. The topological polar surface area (TPSA) is 45.8 Å². The molecule has 0 unspecified atom stereocenters. The molecule has 0 aliphatic carbocycles. The van der Waals surface area contributed by atoms with E-state index in [4.69, 9.17) is 0 Å². The van der Waals surface area contributed by atoms with E-state index in [1.165, 1.54) is 11.1 Å². The van der Waals surface area contributed by atoms with Gasteiger partial charge in [0.05, 0.1) is 5.69 Å². The minimum atomic E-state index is -0.298. The summed E-state index contributed by atoms with van der Waals surface area (Å²) in [5, 5.41) is 0. The van der Waals surface area contributed by atoms with E-state index in [0.29, 0.717) is 0 Å². The molecule has 1 heterocycles. The van der Waals surface area contributed by atoms with Crippen LogP contribution in [-0.2, 0) is 0 Å². The number of benzene rings is 1. The van der Waals surface area contributed by atoms with Crippen molar-refractivity contribution in [1.82, 2.24) is 9.97 Å². The van der Waals surface area contributed by atoms with Gasteiger partial charge in [0.2, 0.25) is 0 Å². The Morgan fingerprint density at radius 1 is 1.06 bits per heavy atom. The van der Waals surface area contributed by atoms with Crippen molar-refractivity contribution in [1.29, 1.82) is 0 Å². The average Bonchev–Trinajstić information content (AvgIpc) is 2.20. The summed E-state index contributed by atoms with van der Waals surface area (Å²) in [5.74, 6) is 0. The predicted molar refractivity (Wildman–Crippen MR) is 64.5 cm³/mol. The molecule has 3 heteroatoms. The number of nitrogens with zero attached hydrogens (tertiary/aromatic N) is 1. The Labute approximate surface area is 94.2 Å². The lowest BCUT2D eigenvalue weighted by atomic mass is 10.0. The van der Waals surface area contributed by atoms with Crippen molar-refractivity contribution < 1.29 is 0 Å². The molecule has 1 N–H and O–H groups in total. The minimum absolute atomic E-state index is 0.298. The van der Waals surface area contributed by atoms with E-state index in [1.807, 2.05) is 25.1 Å². The van der Waals surface area contributed by atoms with Gasteiger partial charge in [-0.1, -0.05) is 12.1 Å². The molecule has 0 spiro atoms. The third kappa shape index (κ3) is 2.03. The highest BCUT2D eigenvalue weighted by molar-refractivity contribution is 5.60. The first-order valence-electron chi connectivity index (χ1n) is 5.22. The Morgan fingerprint density at radius 3 is 2.44 bits per heavy atom. The normalized spacial score (nSPS) is 10.4. The number of H-pyrrole nitrogens is 1. The third-order valence-electron chi connectivity index (χ3n) is 2.68. The van der Waals surface area contributed by atoms with Crippen LogP contribution in [0.2, 0.25) is 0 Å². The number of nitrogens with one attached hydrogen (secondary N) is 1. The molecule has 2 aromatic rings. The van der Waals surface area contributed by atoms with Crippen LogP contribution in [-0.4, -0.2) is 9.97 Å². The smallest absolute Gasteiger partial charge is 0.310 e. The molecule has 0 amide bonds. The Balaban J connectivity index is 2.58. The third-order valence-corrected chi connectivity index (χ3v) is 2.68. The van der Waals surface area contributed by atoms with Crippen molar-refractivity contribution in [3.63, 3.8) is 0 Å². The van der Waals surface area contributed by atoms with Crippen LogP contribution in [0.5, 0.6) is 0 Å². The molecular formula is C13H14N2O. The fraction of sp³-hybridized carbons (Fsp3) is 0.231. The van der Waals surface area contributed by atoms with Crippen molar-refractivity contribution in [2.45, 2.75) is 20.8 Å². The molecule has 0 atom stereocenters. The van der Waals surface area contributed by atoms with Crippen LogP contribution in [0.4, 0.5) is 0 Å². The molecule has 2 rings (SSSR count). The summed E-state index contributed by atoms with van der Waals surface area (Å²) in [4.78, 5) is 17.9. The lowest BCUT2D eigenvalue weighted by Gasteiger charge is -2.04. The summed E-state index contributed by atoms with van der Waals surface area (Å²) in [5.41, 5.74) is 4.69. The van der Waals surface area contributed by atoms with Gasteiger partial charge in [0.15, 0.2) is 0 Å². The summed E-state index contributed by atoms with van der Waals surface area (Å²) in [6.07, 6.45) is 0. The Hall–Kier alpha value is -1.90. The van der Waals surface area contributed by atoms with Gasteiger partial charge in [0.1, 0.15) is 0 Å². The monoisotopic (exact) mass is 214 g/mol. The first-order chi connectivity index (χ1) is 7.56. The molecule has 1 aromatic carbocycles. The van der Waals surface area contributed by atoms with E-state index in [-0.39, 0.29) is 5.69 Å². The Bertz CT molecular complexity index is 585. The number of aryl methyl sites for hydroxylation is 3. The molecule has 0 saturated carbocycles. The predicted octanol–water partition coefficient (Wildman–Crippen LogP) is 2.36. The highest BCUT2D eigenvalue weighted by Gasteiger charge is 2.03. The Kier molecular flexibility index (Phi) is 2.60. The van der Waals surface area contributed by atoms with Gasteiger partial charge in [-0.15, -0.1) is 0 Å². The maximum atomic E-state index is 11.3. The zero-order valence-electron chi connectivity index (χ0n) is 9.66. The van der Waals surface area contributed by atoms with Crippen molar-refractivity contribution in [3.8, 4) is 11.3 Å². The average molecular weight is 214 g/mol. The van der Waals surface area contributed by atoms with Gasteiger partial charge in [-0.2, -0.15) is 4.98 Å². The lowest BCUT2D eigenvalue weighted by Crippen LogP contribution is -2.11. The van der Waals surface area contributed by atoms with Crippen molar-refractivity contribution in [3.05, 3.63) is 51.6 Å².